The summed E-state index contributed by atoms with van der Waals surface area (Å²) in [6.07, 6.45) is -0.458. The molecule has 0 aliphatic carbocycles. The Morgan fingerprint density at radius 3 is 2.36 bits per heavy atom. The molecule has 82 valence electrons. The summed E-state index contributed by atoms with van der Waals surface area (Å²) in [5.41, 5.74) is 0.317. The van der Waals surface area contributed by atoms with Crippen LogP contribution in [0.2, 0.25) is 25.7 Å². The molecule has 0 rings (SSSR count). The molecule has 0 saturated carbocycles. The van der Waals surface area contributed by atoms with Crippen molar-refractivity contribution in [3.8, 4) is 0 Å². The van der Waals surface area contributed by atoms with E-state index in [0.717, 1.165) is 6.04 Å². The van der Waals surface area contributed by atoms with Crippen LogP contribution in [-0.4, -0.2) is 25.4 Å². The van der Waals surface area contributed by atoms with E-state index in [1.807, 2.05) is 0 Å². The number of rotatable bonds is 5. The van der Waals surface area contributed by atoms with Crippen molar-refractivity contribution in [2.24, 2.45) is 0 Å². The molecule has 3 nitrogen and oxygen atoms in total. The summed E-state index contributed by atoms with van der Waals surface area (Å²) in [4.78, 5) is 11.0. The number of aliphatic hydroxyl groups is 1. The summed E-state index contributed by atoms with van der Waals surface area (Å²) in [5, 5.41) is 9.37. The van der Waals surface area contributed by atoms with Crippen molar-refractivity contribution in [1.82, 2.24) is 0 Å². The SMILES string of the molecule is C=C(C)C(=O)OC(O)CC[Si](C)(C)C. The van der Waals surface area contributed by atoms with Crippen molar-refractivity contribution < 1.29 is 14.6 Å². The second-order valence-corrected chi connectivity index (χ2v) is 10.4. The molecule has 0 saturated heterocycles. The number of hydrogen-bond donors (Lipinski definition) is 1. The van der Waals surface area contributed by atoms with Crippen LogP contribution in [0.3, 0.4) is 0 Å². The number of ether oxygens (including phenoxy) is 1. The first-order valence-electron chi connectivity index (χ1n) is 4.77. The first kappa shape index (κ1) is 13.4. The minimum Gasteiger partial charge on any atom is -0.433 e. The normalized spacial score (nSPS) is 13.5. The fraction of sp³-hybridized carbons (Fsp3) is 0.700. The van der Waals surface area contributed by atoms with Crippen LogP contribution in [-0.2, 0) is 9.53 Å². The number of carbonyl (C=O) groups is 1. The van der Waals surface area contributed by atoms with Crippen LogP contribution in [0, 0.1) is 0 Å². The molecule has 0 bridgehead atoms. The zero-order valence-corrected chi connectivity index (χ0v) is 10.5. The lowest BCUT2D eigenvalue weighted by Gasteiger charge is -2.18. The van der Waals surface area contributed by atoms with Crippen LogP contribution in [0.15, 0.2) is 12.2 Å². The summed E-state index contributed by atoms with van der Waals surface area (Å²) in [5.74, 6) is -0.520. The van der Waals surface area contributed by atoms with Crippen molar-refractivity contribution >= 4 is 14.0 Å². The highest BCUT2D eigenvalue weighted by atomic mass is 28.3. The maximum atomic E-state index is 11.0. The van der Waals surface area contributed by atoms with Gasteiger partial charge in [0, 0.05) is 20.1 Å². The zero-order valence-electron chi connectivity index (χ0n) is 9.46. The predicted molar refractivity (Wildman–Crippen MR) is 59.7 cm³/mol. The van der Waals surface area contributed by atoms with Crippen molar-refractivity contribution in [3.05, 3.63) is 12.2 Å². The highest BCUT2D eigenvalue weighted by molar-refractivity contribution is 6.76. The lowest BCUT2D eigenvalue weighted by molar-refractivity contribution is -0.163. The fourth-order valence-electron chi connectivity index (χ4n) is 0.840. The third-order valence-electron chi connectivity index (χ3n) is 1.73. The van der Waals surface area contributed by atoms with Gasteiger partial charge >= 0.3 is 5.97 Å². The Labute approximate surface area is 86.8 Å². The molecule has 4 heteroatoms. The van der Waals surface area contributed by atoms with E-state index in [1.165, 1.54) is 0 Å². The summed E-state index contributed by atoms with van der Waals surface area (Å²) in [7, 11) is -1.17. The molecular formula is C10H20O3Si. The van der Waals surface area contributed by atoms with Crippen molar-refractivity contribution in [1.29, 1.82) is 0 Å². The number of aliphatic hydroxyl groups excluding tert-OH is 1. The Balaban J connectivity index is 3.82. The molecule has 0 amide bonds. The van der Waals surface area contributed by atoms with Gasteiger partial charge in [0.25, 0.3) is 0 Å². The van der Waals surface area contributed by atoms with E-state index >= 15 is 0 Å². The molecule has 0 aromatic rings. The smallest absolute Gasteiger partial charge is 0.335 e. The quantitative estimate of drug-likeness (QED) is 0.331. The molecular weight excluding hydrogens is 196 g/mol. The molecule has 0 radical (unpaired) electrons. The van der Waals surface area contributed by atoms with Crippen LogP contribution in [0.1, 0.15) is 13.3 Å². The topological polar surface area (TPSA) is 46.5 Å². The molecule has 1 N–H and O–H groups in total. The highest BCUT2D eigenvalue weighted by Gasteiger charge is 2.17. The van der Waals surface area contributed by atoms with E-state index in [0.29, 0.717) is 12.0 Å². The zero-order chi connectivity index (χ0) is 11.4. The van der Waals surface area contributed by atoms with Gasteiger partial charge in [0.1, 0.15) is 0 Å². The second kappa shape index (κ2) is 5.31. The number of hydrogen-bond acceptors (Lipinski definition) is 3. The van der Waals surface area contributed by atoms with E-state index < -0.39 is 20.3 Å². The van der Waals surface area contributed by atoms with Crippen molar-refractivity contribution in [3.63, 3.8) is 0 Å². The molecule has 0 aliphatic rings. The fourth-order valence-corrected chi connectivity index (χ4v) is 1.95. The van der Waals surface area contributed by atoms with E-state index in [9.17, 15) is 9.90 Å². The lowest BCUT2D eigenvalue weighted by atomic mass is 10.3. The van der Waals surface area contributed by atoms with Crippen LogP contribution in [0.5, 0.6) is 0 Å². The van der Waals surface area contributed by atoms with Gasteiger partial charge in [-0.15, -0.1) is 0 Å². The maximum absolute atomic E-state index is 11.0. The minimum atomic E-state index is -1.17. The molecule has 0 aliphatic heterocycles. The molecule has 0 fully saturated rings. The van der Waals surface area contributed by atoms with Gasteiger partial charge in [-0.05, 0) is 6.92 Å². The number of carbonyl (C=O) groups excluding carboxylic acids is 1. The lowest BCUT2D eigenvalue weighted by Crippen LogP contribution is -2.24. The maximum Gasteiger partial charge on any atom is 0.335 e. The van der Waals surface area contributed by atoms with Gasteiger partial charge in [-0.3, -0.25) is 0 Å². The van der Waals surface area contributed by atoms with E-state index in [-0.39, 0.29) is 0 Å². The third-order valence-corrected chi connectivity index (χ3v) is 3.52. The molecule has 0 heterocycles. The van der Waals surface area contributed by atoms with Crippen molar-refractivity contribution in [2.75, 3.05) is 0 Å². The second-order valence-electron chi connectivity index (χ2n) is 4.74. The Morgan fingerprint density at radius 2 is 2.00 bits per heavy atom. The Bertz CT molecular complexity index is 218. The minimum absolute atomic E-state index is 0.317. The van der Waals surface area contributed by atoms with Gasteiger partial charge in [-0.25, -0.2) is 4.79 Å². The van der Waals surface area contributed by atoms with Gasteiger partial charge in [-0.1, -0.05) is 32.3 Å². The Kier molecular flexibility index (Phi) is 5.08. The molecule has 1 unspecified atom stereocenters. The molecule has 0 aromatic heterocycles. The molecule has 14 heavy (non-hydrogen) atoms. The molecule has 1 atom stereocenters. The monoisotopic (exact) mass is 216 g/mol. The summed E-state index contributed by atoms with van der Waals surface area (Å²) in [6.45, 7) is 11.6. The third kappa shape index (κ3) is 6.86. The average molecular weight is 216 g/mol. The average Bonchev–Trinajstić information content (AvgIpc) is 1.99. The first-order valence-corrected chi connectivity index (χ1v) is 8.47. The standard InChI is InChI=1S/C10H20O3Si/c1-8(2)10(12)13-9(11)6-7-14(3,4)5/h9,11H,1,6-7H2,2-5H3. The van der Waals surface area contributed by atoms with Gasteiger partial charge in [0.05, 0.1) is 0 Å². The van der Waals surface area contributed by atoms with Gasteiger partial charge < -0.3 is 9.84 Å². The Morgan fingerprint density at radius 1 is 1.50 bits per heavy atom. The summed E-state index contributed by atoms with van der Waals surface area (Å²) < 4.78 is 4.75. The van der Waals surface area contributed by atoms with Crippen LogP contribution >= 0.6 is 0 Å². The van der Waals surface area contributed by atoms with Crippen molar-refractivity contribution in [2.45, 2.75) is 45.3 Å². The van der Waals surface area contributed by atoms with E-state index in [4.69, 9.17) is 4.74 Å². The number of esters is 1. The van der Waals surface area contributed by atoms with Gasteiger partial charge in [0.15, 0.2) is 0 Å². The van der Waals surface area contributed by atoms with Crippen LogP contribution in [0.4, 0.5) is 0 Å². The van der Waals surface area contributed by atoms with Gasteiger partial charge in [-0.2, -0.15) is 0 Å². The Hall–Kier alpha value is -0.613. The summed E-state index contributed by atoms with van der Waals surface area (Å²) >= 11 is 0. The molecule has 0 aromatic carbocycles. The van der Waals surface area contributed by atoms with Crippen LogP contribution < -0.4 is 0 Å². The predicted octanol–water partition coefficient (Wildman–Crippen LogP) is 2.15. The first-order chi connectivity index (χ1) is 6.22. The molecule has 0 spiro atoms. The largest absolute Gasteiger partial charge is 0.433 e. The highest BCUT2D eigenvalue weighted by Crippen LogP contribution is 2.14. The van der Waals surface area contributed by atoms with Gasteiger partial charge in [0.2, 0.25) is 6.29 Å². The van der Waals surface area contributed by atoms with Crippen LogP contribution in [0.25, 0.3) is 0 Å². The van der Waals surface area contributed by atoms with E-state index in [2.05, 4.69) is 26.2 Å². The van der Waals surface area contributed by atoms with E-state index in [1.54, 1.807) is 6.92 Å². The summed E-state index contributed by atoms with van der Waals surface area (Å²) in [6, 6.07) is 0.942.